The number of amides is 1. The van der Waals surface area contributed by atoms with Gasteiger partial charge in [0.05, 0.1) is 0 Å². The summed E-state index contributed by atoms with van der Waals surface area (Å²) in [7, 11) is 0. The van der Waals surface area contributed by atoms with E-state index in [4.69, 9.17) is 28.2 Å². The van der Waals surface area contributed by atoms with Crippen LogP contribution in [0.4, 0.5) is 5.69 Å². The number of aromatic nitrogens is 1. The molecule has 4 aromatic rings. The molecule has 1 amide bonds. The number of hydrogen-bond acceptors (Lipinski definition) is 4. The highest BCUT2D eigenvalue weighted by molar-refractivity contribution is 7.80. The number of hydrogen-bond donors (Lipinski definition) is 2. The van der Waals surface area contributed by atoms with Crippen molar-refractivity contribution in [2.45, 2.75) is 20.3 Å². The lowest BCUT2D eigenvalue weighted by atomic mass is 10.1. The molecule has 0 atom stereocenters. The van der Waals surface area contributed by atoms with Gasteiger partial charge in [0.2, 0.25) is 5.89 Å². The topological polar surface area (TPSA) is 67.2 Å². The average molecular weight is 450 g/mol. The third-order valence-corrected chi connectivity index (χ3v) is 5.35. The molecule has 0 aliphatic carbocycles. The van der Waals surface area contributed by atoms with Gasteiger partial charge in [-0.2, -0.15) is 0 Å². The Hall–Kier alpha value is -3.22. The van der Waals surface area contributed by atoms with E-state index >= 15 is 0 Å². The lowest BCUT2D eigenvalue weighted by Gasteiger charge is -2.12. The molecule has 0 bridgehead atoms. The maximum atomic E-state index is 12.4. The first-order valence-corrected chi connectivity index (χ1v) is 10.6. The Morgan fingerprint density at radius 1 is 1.13 bits per heavy atom. The quantitative estimate of drug-likeness (QED) is 0.366. The van der Waals surface area contributed by atoms with Crippen LogP contribution in [0, 0.1) is 6.92 Å². The summed E-state index contributed by atoms with van der Waals surface area (Å²) in [6, 6.07) is 18.5. The Morgan fingerprint density at radius 2 is 1.97 bits per heavy atom. The molecule has 3 aromatic carbocycles. The first kappa shape index (κ1) is 21.0. The van der Waals surface area contributed by atoms with E-state index in [0.717, 1.165) is 34.3 Å². The summed E-state index contributed by atoms with van der Waals surface area (Å²) < 4.78 is 5.93. The van der Waals surface area contributed by atoms with Gasteiger partial charge in [0.15, 0.2) is 10.7 Å². The summed E-state index contributed by atoms with van der Waals surface area (Å²) in [5.74, 6) is 0.194. The number of halogens is 1. The zero-order valence-corrected chi connectivity index (χ0v) is 18.6. The molecule has 7 heteroatoms. The second kappa shape index (κ2) is 8.88. The molecule has 0 aliphatic heterocycles. The lowest BCUT2D eigenvalue weighted by molar-refractivity contribution is 0.0977. The fourth-order valence-electron chi connectivity index (χ4n) is 3.16. The average Bonchev–Trinajstić information content (AvgIpc) is 3.18. The molecule has 2 N–H and O–H groups in total. The van der Waals surface area contributed by atoms with Crippen LogP contribution in [0.25, 0.3) is 22.6 Å². The maximum Gasteiger partial charge on any atom is 0.257 e. The SMILES string of the molecule is CCc1ccc2oc(-c3ccc(C)c(NC(=S)NC(=O)c4cccc(Cl)c4)c3)nc2c1. The van der Waals surface area contributed by atoms with Crippen molar-refractivity contribution in [2.75, 3.05) is 5.32 Å². The number of oxazole rings is 1. The Bertz CT molecular complexity index is 1300. The lowest BCUT2D eigenvalue weighted by Crippen LogP contribution is -2.34. The Kier molecular flexibility index (Phi) is 6.02. The van der Waals surface area contributed by atoms with E-state index in [-0.39, 0.29) is 11.0 Å². The first-order chi connectivity index (χ1) is 14.9. The van der Waals surface area contributed by atoms with Crippen LogP contribution < -0.4 is 10.6 Å². The molecular weight excluding hydrogens is 430 g/mol. The van der Waals surface area contributed by atoms with Gasteiger partial charge in [0, 0.05) is 21.8 Å². The van der Waals surface area contributed by atoms with Crippen LogP contribution in [0.3, 0.4) is 0 Å². The van der Waals surface area contributed by atoms with Crippen LogP contribution in [0.5, 0.6) is 0 Å². The van der Waals surface area contributed by atoms with Crippen molar-refractivity contribution in [3.63, 3.8) is 0 Å². The predicted octanol–water partition coefficient (Wildman–Crippen LogP) is 6.15. The van der Waals surface area contributed by atoms with E-state index in [1.807, 2.05) is 43.3 Å². The summed E-state index contributed by atoms with van der Waals surface area (Å²) in [6.07, 6.45) is 0.940. The maximum absolute atomic E-state index is 12.4. The van der Waals surface area contributed by atoms with Crippen molar-refractivity contribution < 1.29 is 9.21 Å². The van der Waals surface area contributed by atoms with E-state index in [0.29, 0.717) is 16.5 Å². The van der Waals surface area contributed by atoms with E-state index in [2.05, 4.69) is 22.5 Å². The predicted molar refractivity (Wildman–Crippen MR) is 129 cm³/mol. The second-order valence-electron chi connectivity index (χ2n) is 7.12. The zero-order chi connectivity index (χ0) is 22.0. The molecule has 0 spiro atoms. The van der Waals surface area contributed by atoms with E-state index < -0.39 is 0 Å². The fraction of sp³-hybridized carbons (Fsp3) is 0.125. The molecule has 1 heterocycles. The smallest absolute Gasteiger partial charge is 0.257 e. The normalized spacial score (nSPS) is 10.8. The minimum Gasteiger partial charge on any atom is -0.436 e. The van der Waals surface area contributed by atoms with Crippen molar-refractivity contribution >= 4 is 51.6 Å². The molecule has 5 nitrogen and oxygen atoms in total. The summed E-state index contributed by atoms with van der Waals surface area (Å²) in [6.45, 7) is 4.06. The number of carbonyl (C=O) groups excluding carboxylic acids is 1. The van der Waals surface area contributed by atoms with Crippen LogP contribution in [0.2, 0.25) is 5.02 Å². The van der Waals surface area contributed by atoms with Gasteiger partial charge < -0.3 is 9.73 Å². The van der Waals surface area contributed by atoms with Crippen molar-refractivity contribution in [2.24, 2.45) is 0 Å². The van der Waals surface area contributed by atoms with Gasteiger partial charge in [0.1, 0.15) is 5.52 Å². The number of rotatable bonds is 4. The van der Waals surface area contributed by atoms with Gasteiger partial charge in [-0.15, -0.1) is 0 Å². The Balaban J connectivity index is 1.54. The van der Waals surface area contributed by atoms with Crippen LogP contribution in [0.1, 0.15) is 28.4 Å². The molecule has 0 fully saturated rings. The number of carbonyl (C=O) groups is 1. The molecule has 4 rings (SSSR count). The minimum atomic E-state index is -0.334. The van der Waals surface area contributed by atoms with Crippen LogP contribution in [-0.2, 0) is 6.42 Å². The van der Waals surface area contributed by atoms with Gasteiger partial charge in [-0.05, 0) is 79.2 Å². The third-order valence-electron chi connectivity index (χ3n) is 4.91. The van der Waals surface area contributed by atoms with Crippen molar-refractivity contribution in [1.29, 1.82) is 0 Å². The van der Waals surface area contributed by atoms with Crippen LogP contribution in [0.15, 0.2) is 65.1 Å². The highest BCUT2D eigenvalue weighted by Crippen LogP contribution is 2.28. The third kappa shape index (κ3) is 4.76. The summed E-state index contributed by atoms with van der Waals surface area (Å²) in [4.78, 5) is 17.0. The van der Waals surface area contributed by atoms with Crippen LogP contribution >= 0.6 is 23.8 Å². The molecule has 0 unspecified atom stereocenters. The molecule has 0 radical (unpaired) electrons. The second-order valence-corrected chi connectivity index (χ2v) is 7.97. The highest BCUT2D eigenvalue weighted by atomic mass is 35.5. The number of anilines is 1. The largest absolute Gasteiger partial charge is 0.436 e. The number of nitrogens with one attached hydrogen (secondary N) is 2. The van der Waals surface area contributed by atoms with E-state index in [9.17, 15) is 4.79 Å². The van der Waals surface area contributed by atoms with Gasteiger partial charge in [-0.3, -0.25) is 10.1 Å². The number of fused-ring (bicyclic) bond motifs is 1. The Labute approximate surface area is 190 Å². The molecular formula is C24H20ClN3O2S. The molecule has 0 aliphatic rings. The van der Waals surface area contributed by atoms with Gasteiger partial charge in [-0.1, -0.05) is 36.7 Å². The van der Waals surface area contributed by atoms with Gasteiger partial charge >= 0.3 is 0 Å². The minimum absolute atomic E-state index is 0.190. The molecule has 1 aromatic heterocycles. The van der Waals surface area contributed by atoms with Gasteiger partial charge in [0.25, 0.3) is 5.91 Å². The van der Waals surface area contributed by atoms with Gasteiger partial charge in [-0.25, -0.2) is 4.98 Å². The number of thiocarbonyl (C=S) groups is 1. The zero-order valence-electron chi connectivity index (χ0n) is 17.0. The number of benzene rings is 3. The van der Waals surface area contributed by atoms with Crippen molar-refractivity contribution in [3.05, 3.63) is 82.4 Å². The molecule has 156 valence electrons. The van der Waals surface area contributed by atoms with Crippen molar-refractivity contribution in [1.82, 2.24) is 10.3 Å². The summed E-state index contributed by atoms with van der Waals surface area (Å²) in [5, 5.41) is 6.44. The van der Waals surface area contributed by atoms with E-state index in [1.165, 1.54) is 5.56 Å². The molecule has 31 heavy (non-hydrogen) atoms. The van der Waals surface area contributed by atoms with E-state index in [1.54, 1.807) is 24.3 Å². The van der Waals surface area contributed by atoms with Crippen LogP contribution in [-0.4, -0.2) is 16.0 Å². The Morgan fingerprint density at radius 3 is 2.74 bits per heavy atom. The first-order valence-electron chi connectivity index (χ1n) is 9.81. The standard InChI is InChI=1S/C24H20ClN3O2S/c1-3-15-8-10-21-20(11-15)26-23(30-21)17-9-7-14(2)19(13-17)27-24(31)28-22(29)16-5-4-6-18(25)12-16/h4-13H,3H2,1-2H3,(H2,27,28,29,31). The van der Waals surface area contributed by atoms with Crippen molar-refractivity contribution in [3.8, 4) is 11.5 Å². The highest BCUT2D eigenvalue weighted by Gasteiger charge is 2.13. The number of aryl methyl sites for hydroxylation is 2. The fourth-order valence-corrected chi connectivity index (χ4v) is 3.56. The molecule has 0 saturated heterocycles. The number of nitrogens with zero attached hydrogens (tertiary/aromatic N) is 1. The molecule has 0 saturated carbocycles. The monoisotopic (exact) mass is 449 g/mol. The summed E-state index contributed by atoms with van der Waals surface area (Å²) in [5.41, 5.74) is 5.74. The summed E-state index contributed by atoms with van der Waals surface area (Å²) >= 11 is 11.3.